The van der Waals surface area contributed by atoms with Gasteiger partial charge in [-0.3, -0.25) is 9.59 Å². The van der Waals surface area contributed by atoms with Gasteiger partial charge in [0, 0.05) is 38.5 Å². The first-order valence-electron chi connectivity index (χ1n) is 23.7. The summed E-state index contributed by atoms with van der Waals surface area (Å²) in [7, 11) is 3.42. The second-order valence-electron chi connectivity index (χ2n) is 23.3. The van der Waals surface area contributed by atoms with E-state index in [1.165, 1.54) is 51.4 Å². The Kier molecular flexibility index (Phi) is 11.8. The molecule has 0 aromatic rings. The Labute approximate surface area is 361 Å². The molecule has 2 N–H and O–H groups in total. The predicted octanol–water partition coefficient (Wildman–Crippen LogP) is 8.82. The highest BCUT2D eigenvalue weighted by atomic mass is 79.9. The van der Waals surface area contributed by atoms with Crippen LogP contribution in [0.1, 0.15) is 143 Å². The second kappa shape index (κ2) is 15.7. The Morgan fingerprint density at radius 3 is 1.34 bits per heavy atom. The van der Waals surface area contributed by atoms with E-state index in [4.69, 9.17) is 9.47 Å². The number of hydrogen-bond acceptors (Lipinski definition) is 8. The number of rotatable bonds is 10. The zero-order valence-corrected chi connectivity index (χ0v) is 38.7. The fourth-order valence-electron chi connectivity index (χ4n) is 17.8. The lowest BCUT2D eigenvalue weighted by Gasteiger charge is -2.62. The van der Waals surface area contributed by atoms with Crippen LogP contribution < -0.4 is 0 Å². The van der Waals surface area contributed by atoms with Gasteiger partial charge in [0.2, 0.25) is 0 Å². The molecule has 7 unspecified atom stereocenters. The molecule has 9 rings (SSSR count). The van der Waals surface area contributed by atoms with Crippen molar-refractivity contribution in [1.82, 2.24) is 9.80 Å². The molecule has 328 valence electrons. The Morgan fingerprint density at radius 1 is 0.552 bits per heavy atom. The van der Waals surface area contributed by atoms with Gasteiger partial charge in [-0.2, -0.15) is 0 Å². The number of aliphatic hydroxyl groups is 2. The van der Waals surface area contributed by atoms with Gasteiger partial charge in [-0.1, -0.05) is 27.7 Å². The first kappa shape index (κ1) is 43.6. The number of ether oxygens (including phenoxy) is 2. The Bertz CT molecular complexity index is 1480. The lowest BCUT2D eigenvalue weighted by Crippen LogP contribution is -2.57. The summed E-state index contributed by atoms with van der Waals surface area (Å²) in [5.41, 5.74) is -0.591. The van der Waals surface area contributed by atoms with Crippen molar-refractivity contribution in [2.24, 2.45) is 80.8 Å². The fourth-order valence-corrected chi connectivity index (χ4v) is 17.8. The van der Waals surface area contributed by atoms with Crippen LogP contribution in [0.5, 0.6) is 0 Å². The van der Waals surface area contributed by atoms with Crippen molar-refractivity contribution in [2.45, 2.75) is 154 Å². The number of fused-ring (bicyclic) bond motifs is 10. The molecule has 8 saturated carbocycles. The summed E-state index contributed by atoms with van der Waals surface area (Å²) >= 11 is 0. The summed E-state index contributed by atoms with van der Waals surface area (Å²) in [5, 5.41) is 22.6. The Hall–Kier alpha value is -1.00. The lowest BCUT2D eigenvalue weighted by molar-refractivity contribution is -0.164. The summed E-state index contributed by atoms with van der Waals surface area (Å²) in [4.78, 5) is 32.9. The number of Topliss-reactive ketones (excluding diaryl/α,β-unsaturated/α-hetero) is 2. The number of methoxy groups -OCH3 is 2. The van der Waals surface area contributed by atoms with Crippen molar-refractivity contribution in [3.63, 3.8) is 0 Å². The highest BCUT2D eigenvalue weighted by molar-refractivity contribution is 8.93. The predicted molar refractivity (Wildman–Crippen MR) is 232 cm³/mol. The maximum Gasteiger partial charge on any atom is 0.155 e. The van der Waals surface area contributed by atoms with E-state index >= 15 is 0 Å². The van der Waals surface area contributed by atoms with Gasteiger partial charge in [-0.25, -0.2) is 0 Å². The summed E-state index contributed by atoms with van der Waals surface area (Å²) in [6.07, 6.45) is 23.8. The molecule has 8 aliphatic carbocycles. The standard InChI is InChI=1S/C49H78N2O6.BrH/c1-44-19-21-48(54,29-56-5)25-32(44)7-9-34-36-11-13-40(46(36,3)17-15-38(34)44)42(52)27-50-23-24-51(31-50)28-43(53)41-14-12-37-35-10-8-33-26-49(55,30-57-6)22-20-45(33,2)39(35)16-18-47(37,41)4;/h23-24,32-41,54-55H,7-22,25-31H2,1-6H3;1H/t32-,33?,34?,35?,36?,37?,38?,39?,40+,41+,44-,45-,46-,47-,48+,49+;/m0./s1. The molecule has 8 nitrogen and oxygen atoms in total. The number of halogens is 1. The average Bonchev–Trinajstić information content (AvgIpc) is 3.87. The van der Waals surface area contributed by atoms with Crippen LogP contribution in [0, 0.1) is 80.8 Å². The van der Waals surface area contributed by atoms with E-state index < -0.39 is 11.2 Å². The highest BCUT2D eigenvalue weighted by Crippen LogP contribution is 2.70. The quantitative estimate of drug-likeness (QED) is 0.225. The first-order chi connectivity index (χ1) is 27.1. The number of hydrogen-bond donors (Lipinski definition) is 2. The molecular formula is C49H79BrN2O6. The molecule has 1 aliphatic heterocycles. The minimum Gasteiger partial charge on any atom is -0.387 e. The number of nitrogens with zero attached hydrogens (tertiary/aromatic N) is 2. The van der Waals surface area contributed by atoms with Crippen LogP contribution >= 0.6 is 17.0 Å². The molecule has 8 fully saturated rings. The topological polar surface area (TPSA) is 99.5 Å². The minimum atomic E-state index is -0.668. The van der Waals surface area contributed by atoms with Gasteiger partial charge >= 0.3 is 0 Å². The van der Waals surface area contributed by atoms with E-state index in [2.05, 4.69) is 49.9 Å². The molecule has 16 atom stereocenters. The van der Waals surface area contributed by atoms with Gasteiger partial charge in [0.1, 0.15) is 0 Å². The smallest absolute Gasteiger partial charge is 0.155 e. The van der Waals surface area contributed by atoms with Gasteiger partial charge in [-0.05, 0) is 185 Å². The number of carbonyl (C=O) groups excluding carboxylic acids is 2. The van der Waals surface area contributed by atoms with E-state index in [9.17, 15) is 19.8 Å². The van der Waals surface area contributed by atoms with E-state index in [0.29, 0.717) is 91.9 Å². The third kappa shape index (κ3) is 6.94. The third-order valence-electron chi connectivity index (χ3n) is 20.8. The number of carbonyl (C=O) groups is 2. The highest BCUT2D eigenvalue weighted by Gasteiger charge is 2.64. The molecule has 0 amide bonds. The first-order valence-corrected chi connectivity index (χ1v) is 23.7. The molecule has 0 radical (unpaired) electrons. The van der Waals surface area contributed by atoms with Crippen LogP contribution in [0.25, 0.3) is 0 Å². The van der Waals surface area contributed by atoms with E-state index in [1.54, 1.807) is 14.2 Å². The Balaban J connectivity index is 0.00000469. The van der Waals surface area contributed by atoms with Gasteiger partial charge in [0.15, 0.2) is 11.6 Å². The van der Waals surface area contributed by atoms with Crippen molar-refractivity contribution in [1.29, 1.82) is 0 Å². The molecule has 9 aliphatic rings. The largest absolute Gasteiger partial charge is 0.387 e. The summed E-state index contributed by atoms with van der Waals surface area (Å²) in [6.45, 7) is 12.5. The van der Waals surface area contributed by atoms with Crippen LogP contribution in [0.3, 0.4) is 0 Å². The fraction of sp³-hybridized carbons (Fsp3) is 0.918. The maximum atomic E-state index is 14.3. The van der Waals surface area contributed by atoms with Crippen molar-refractivity contribution in [3.8, 4) is 0 Å². The summed E-state index contributed by atoms with van der Waals surface area (Å²) in [6, 6.07) is 0. The average molecular weight is 872 g/mol. The molecule has 0 spiro atoms. The molecular weight excluding hydrogens is 792 g/mol. The SMILES string of the molecule is Br.COC[C@@]1(O)CC[C@@]2(C)C(CCC3C2CC[C@@]2(C)C3CC[C@@H]2C(=O)CN2C=CN(CC(=O)[C@H]3CCC4C5CC[C@H]6C[C@@](O)(COC)CC[C@]6(C)C5CC[C@@]43C)C2)C1. The zero-order valence-electron chi connectivity index (χ0n) is 37.0. The van der Waals surface area contributed by atoms with Crippen molar-refractivity contribution < 1.29 is 29.3 Å². The van der Waals surface area contributed by atoms with Crippen LogP contribution in [-0.2, 0) is 19.1 Å². The van der Waals surface area contributed by atoms with Crippen molar-refractivity contribution >= 4 is 28.5 Å². The van der Waals surface area contributed by atoms with Crippen LogP contribution in [-0.4, -0.2) is 90.0 Å². The van der Waals surface area contributed by atoms with Crippen molar-refractivity contribution in [3.05, 3.63) is 12.4 Å². The molecule has 0 bridgehead atoms. The van der Waals surface area contributed by atoms with Gasteiger partial charge in [0.05, 0.1) is 44.2 Å². The van der Waals surface area contributed by atoms with Gasteiger partial charge in [0.25, 0.3) is 0 Å². The number of ketones is 2. The molecule has 0 aromatic carbocycles. The lowest BCUT2D eigenvalue weighted by atomic mass is 9.44. The van der Waals surface area contributed by atoms with Crippen LogP contribution in [0.2, 0.25) is 0 Å². The van der Waals surface area contributed by atoms with E-state index in [-0.39, 0.29) is 50.5 Å². The van der Waals surface area contributed by atoms with E-state index in [0.717, 1.165) is 64.2 Å². The zero-order chi connectivity index (χ0) is 40.2. The van der Waals surface area contributed by atoms with E-state index in [1.807, 2.05) is 0 Å². The molecule has 0 saturated heterocycles. The third-order valence-corrected chi connectivity index (χ3v) is 20.8. The molecule has 1 heterocycles. The Morgan fingerprint density at radius 2 is 0.948 bits per heavy atom. The molecule has 0 aromatic heterocycles. The minimum absolute atomic E-state index is 0. The second-order valence-corrected chi connectivity index (χ2v) is 23.3. The molecule has 58 heavy (non-hydrogen) atoms. The molecule has 9 heteroatoms. The normalized spacial score (nSPS) is 50.5. The van der Waals surface area contributed by atoms with Crippen LogP contribution in [0.15, 0.2) is 12.4 Å². The summed E-state index contributed by atoms with van der Waals surface area (Å²) in [5.74, 6) is 6.26. The van der Waals surface area contributed by atoms with Crippen LogP contribution in [0.4, 0.5) is 0 Å². The van der Waals surface area contributed by atoms with Gasteiger partial charge in [-0.15, -0.1) is 17.0 Å². The summed E-state index contributed by atoms with van der Waals surface area (Å²) < 4.78 is 10.9. The maximum absolute atomic E-state index is 14.3. The monoisotopic (exact) mass is 871 g/mol. The van der Waals surface area contributed by atoms with Gasteiger partial charge < -0.3 is 29.5 Å². The van der Waals surface area contributed by atoms with Crippen molar-refractivity contribution in [2.75, 3.05) is 47.2 Å².